The molecule has 4 N–H and O–H groups in total. The van der Waals surface area contributed by atoms with E-state index in [4.69, 9.17) is 23.7 Å². The number of aliphatic hydroxyl groups excluding tert-OH is 1. The molecule has 0 unspecified atom stereocenters. The summed E-state index contributed by atoms with van der Waals surface area (Å²) in [6.07, 6.45) is 0.376. The van der Waals surface area contributed by atoms with Gasteiger partial charge in [-0.2, -0.15) is 5.10 Å². The van der Waals surface area contributed by atoms with Crippen molar-refractivity contribution >= 4 is 69.4 Å². The second-order valence-corrected chi connectivity index (χ2v) is 11.1. The summed E-state index contributed by atoms with van der Waals surface area (Å²) in [5.74, 6) is 0.253. The van der Waals surface area contributed by atoms with Crippen LogP contribution < -0.4 is 30.3 Å². The fraction of sp³-hybridized carbons (Fsp3) is 0.357. The Labute approximate surface area is 276 Å². The normalized spacial score (nSPS) is 15.3. The minimum absolute atomic E-state index is 0.164. The first-order chi connectivity index (χ1) is 20.6. The van der Waals surface area contributed by atoms with Gasteiger partial charge < -0.3 is 39.4 Å². The Morgan fingerprint density at radius 2 is 1.81 bits per heavy atom. The highest BCUT2D eigenvalue weighted by molar-refractivity contribution is 14.1. The number of urea groups is 1. The zero-order valence-electron chi connectivity index (χ0n) is 23.9. The number of amides is 2. The zero-order valence-corrected chi connectivity index (χ0v) is 28.2. The lowest BCUT2D eigenvalue weighted by Gasteiger charge is -2.28. The second-order valence-electron chi connectivity index (χ2n) is 8.82. The minimum Gasteiger partial charge on any atom is -0.490 e. The van der Waals surface area contributed by atoms with Crippen LogP contribution in [0.5, 0.6) is 17.2 Å². The van der Waals surface area contributed by atoms with Crippen molar-refractivity contribution < 1.29 is 43.2 Å². The summed E-state index contributed by atoms with van der Waals surface area (Å²) < 4.78 is 28.5. The van der Waals surface area contributed by atoms with Gasteiger partial charge in [0.15, 0.2) is 24.3 Å². The van der Waals surface area contributed by atoms with E-state index in [-0.39, 0.29) is 25.4 Å². The van der Waals surface area contributed by atoms with E-state index >= 15 is 0 Å². The molecule has 2 atom stereocenters. The smallest absolute Gasteiger partial charge is 0.344 e. The molecule has 1 aliphatic rings. The molecule has 3 rings (SSSR count). The van der Waals surface area contributed by atoms with E-state index in [0.29, 0.717) is 35.1 Å². The maximum Gasteiger partial charge on any atom is 0.344 e. The topological polar surface area (TPSA) is 166 Å². The largest absolute Gasteiger partial charge is 0.490 e. The Bertz CT molecular complexity index is 1380. The SMILES string of the molecule is CCOC(=O)COc1c(I)cc(/C=N\N[C@@H](O)COc2ccc([C@@H]3NC(=O)NC(C)=C3C(=O)OC)cc2OCC)cc1I. The number of methoxy groups -OCH3 is 1. The van der Waals surface area contributed by atoms with Gasteiger partial charge in [-0.25, -0.2) is 14.4 Å². The Kier molecular flexibility index (Phi) is 13.1. The number of esters is 2. The van der Waals surface area contributed by atoms with E-state index in [9.17, 15) is 19.5 Å². The first kappa shape index (κ1) is 34.2. The van der Waals surface area contributed by atoms with Gasteiger partial charge >= 0.3 is 18.0 Å². The van der Waals surface area contributed by atoms with Gasteiger partial charge in [-0.05, 0) is 101 Å². The molecule has 2 amide bonds. The van der Waals surface area contributed by atoms with Crippen LogP contribution in [0.3, 0.4) is 0 Å². The van der Waals surface area contributed by atoms with Gasteiger partial charge in [-0.1, -0.05) is 6.07 Å². The lowest BCUT2D eigenvalue weighted by atomic mass is 9.95. The average molecular weight is 822 g/mol. The number of carbonyl (C=O) groups is 3. The summed E-state index contributed by atoms with van der Waals surface area (Å²) in [6.45, 7) is 5.41. The molecule has 0 spiro atoms. The van der Waals surface area contributed by atoms with Gasteiger partial charge in [0.1, 0.15) is 12.4 Å². The van der Waals surface area contributed by atoms with Crippen LogP contribution in [0.15, 0.2) is 46.7 Å². The average Bonchev–Trinajstić information content (AvgIpc) is 2.95. The summed E-state index contributed by atoms with van der Waals surface area (Å²) in [5, 5.41) is 19.8. The molecule has 0 aliphatic carbocycles. The van der Waals surface area contributed by atoms with Gasteiger partial charge in [0.25, 0.3) is 0 Å². The fourth-order valence-corrected chi connectivity index (χ4v) is 6.07. The molecule has 13 nitrogen and oxygen atoms in total. The number of ether oxygens (including phenoxy) is 5. The van der Waals surface area contributed by atoms with Crippen LogP contribution in [0.1, 0.15) is 37.9 Å². The predicted octanol–water partition coefficient (Wildman–Crippen LogP) is 3.36. The Hall–Kier alpha value is -3.32. The lowest BCUT2D eigenvalue weighted by molar-refractivity contribution is -0.145. The second kappa shape index (κ2) is 16.5. The lowest BCUT2D eigenvalue weighted by Crippen LogP contribution is -2.45. The van der Waals surface area contributed by atoms with E-state index in [0.717, 1.165) is 12.7 Å². The number of carbonyl (C=O) groups excluding carboxylic acids is 3. The molecule has 2 aromatic rings. The number of hydrogen-bond acceptors (Lipinski definition) is 11. The number of nitrogens with zero attached hydrogens (tertiary/aromatic N) is 1. The zero-order chi connectivity index (χ0) is 31.5. The van der Waals surface area contributed by atoms with E-state index in [1.165, 1.54) is 13.3 Å². The van der Waals surface area contributed by atoms with E-state index in [2.05, 4.69) is 66.3 Å². The number of halogens is 2. The fourth-order valence-electron chi connectivity index (χ4n) is 3.95. The number of nitrogens with one attached hydrogen (secondary N) is 3. The third kappa shape index (κ3) is 9.59. The highest BCUT2D eigenvalue weighted by Gasteiger charge is 2.32. The summed E-state index contributed by atoms with van der Waals surface area (Å²) in [5.41, 5.74) is 4.58. The van der Waals surface area contributed by atoms with Crippen LogP contribution in [0, 0.1) is 7.14 Å². The van der Waals surface area contributed by atoms with E-state index < -0.39 is 30.2 Å². The third-order valence-corrected chi connectivity index (χ3v) is 7.37. The first-order valence-corrected chi connectivity index (χ1v) is 15.2. The molecule has 2 aromatic carbocycles. The minimum atomic E-state index is -1.16. The first-order valence-electron chi connectivity index (χ1n) is 13.1. The standard InChI is InChI=1S/C28H32I2N4O9/c1-5-40-21-11-17(25-24(27(37)39-4)15(3)32-28(38)33-25)7-8-20(21)42-13-22(35)34-31-12-16-9-18(29)26(19(30)10-16)43-14-23(36)41-6-2/h7-12,22,25,34-35H,5-6,13-14H2,1-4H3,(H2,32,33,38)/b31-12-/t22-,25-/m0/s1. The monoisotopic (exact) mass is 822 g/mol. The van der Waals surface area contributed by atoms with Crippen LogP contribution in [-0.2, 0) is 19.1 Å². The van der Waals surface area contributed by atoms with Crippen molar-refractivity contribution in [2.75, 3.05) is 33.5 Å². The summed E-state index contributed by atoms with van der Waals surface area (Å²) >= 11 is 4.21. The van der Waals surface area contributed by atoms with E-state index in [1.807, 2.05) is 12.1 Å². The van der Waals surface area contributed by atoms with Crippen LogP contribution in [-0.4, -0.2) is 69.1 Å². The van der Waals surface area contributed by atoms with Gasteiger partial charge in [0.2, 0.25) is 0 Å². The number of hydrazone groups is 1. The summed E-state index contributed by atoms with van der Waals surface area (Å²) in [6, 6.07) is 7.40. The molecule has 0 saturated carbocycles. The molecule has 232 valence electrons. The van der Waals surface area contributed by atoms with Crippen LogP contribution in [0.25, 0.3) is 0 Å². The maximum absolute atomic E-state index is 12.4. The van der Waals surface area contributed by atoms with Crippen LogP contribution >= 0.6 is 45.2 Å². The number of aliphatic hydroxyl groups is 1. The molecule has 1 aliphatic heterocycles. The number of rotatable bonds is 14. The van der Waals surface area contributed by atoms with Crippen molar-refractivity contribution in [1.82, 2.24) is 16.1 Å². The number of benzene rings is 2. The van der Waals surface area contributed by atoms with Gasteiger partial charge in [-0.3, -0.25) is 5.43 Å². The molecule has 0 saturated heterocycles. The molecular formula is C28H32I2N4O9. The van der Waals surface area contributed by atoms with Gasteiger partial charge in [-0.15, -0.1) is 0 Å². The van der Waals surface area contributed by atoms with E-state index in [1.54, 1.807) is 39.0 Å². The van der Waals surface area contributed by atoms with Gasteiger partial charge in [0.05, 0.1) is 45.3 Å². The molecule has 1 heterocycles. The Morgan fingerprint density at radius 3 is 2.47 bits per heavy atom. The predicted molar refractivity (Wildman–Crippen MR) is 173 cm³/mol. The highest BCUT2D eigenvalue weighted by Crippen LogP contribution is 2.35. The Morgan fingerprint density at radius 1 is 1.09 bits per heavy atom. The van der Waals surface area contributed by atoms with Crippen LogP contribution in [0.4, 0.5) is 4.79 Å². The van der Waals surface area contributed by atoms with Crippen molar-refractivity contribution in [1.29, 1.82) is 0 Å². The van der Waals surface area contributed by atoms with Crippen molar-refractivity contribution in [3.63, 3.8) is 0 Å². The third-order valence-electron chi connectivity index (χ3n) is 5.77. The van der Waals surface area contributed by atoms with Crippen molar-refractivity contribution in [2.45, 2.75) is 33.0 Å². The number of hydrogen-bond donors (Lipinski definition) is 4. The summed E-state index contributed by atoms with van der Waals surface area (Å²) in [4.78, 5) is 36.1. The molecule has 0 bridgehead atoms. The van der Waals surface area contributed by atoms with Gasteiger partial charge in [0, 0.05) is 5.70 Å². The summed E-state index contributed by atoms with van der Waals surface area (Å²) in [7, 11) is 1.27. The van der Waals surface area contributed by atoms with Crippen molar-refractivity contribution in [3.8, 4) is 17.2 Å². The van der Waals surface area contributed by atoms with Crippen molar-refractivity contribution in [2.24, 2.45) is 5.10 Å². The molecule has 0 fully saturated rings. The Balaban J connectivity index is 1.64. The highest BCUT2D eigenvalue weighted by atomic mass is 127. The molecular weight excluding hydrogens is 790 g/mol. The molecule has 43 heavy (non-hydrogen) atoms. The molecule has 0 radical (unpaired) electrons. The van der Waals surface area contributed by atoms with Crippen LogP contribution in [0.2, 0.25) is 0 Å². The van der Waals surface area contributed by atoms with Crippen molar-refractivity contribution in [3.05, 3.63) is 59.9 Å². The molecule has 0 aromatic heterocycles. The maximum atomic E-state index is 12.4. The number of allylic oxidation sites excluding steroid dienone is 1. The molecule has 15 heteroatoms. The quantitative estimate of drug-likeness (QED) is 0.0731.